The summed E-state index contributed by atoms with van der Waals surface area (Å²) in [5.41, 5.74) is 10.2. The van der Waals surface area contributed by atoms with E-state index in [-0.39, 0.29) is 0 Å². The molecule has 0 fully saturated rings. The Morgan fingerprint density at radius 1 is 1.28 bits per heavy atom. The summed E-state index contributed by atoms with van der Waals surface area (Å²) in [6.45, 7) is 2.71. The second kappa shape index (κ2) is 3.87. The number of fused-ring (bicyclic) bond motifs is 1. The van der Waals surface area contributed by atoms with Gasteiger partial charge in [-0.3, -0.25) is 4.68 Å². The lowest BCUT2D eigenvalue weighted by Crippen LogP contribution is -2.06. The van der Waals surface area contributed by atoms with Crippen LogP contribution < -0.4 is 5.73 Å². The van der Waals surface area contributed by atoms with Crippen molar-refractivity contribution >= 4 is 17.0 Å². The molecule has 92 valence electrons. The third kappa shape index (κ3) is 1.64. The maximum absolute atomic E-state index is 5.99. The number of para-hydroxylation sites is 1. The van der Waals surface area contributed by atoms with Crippen LogP contribution in [-0.4, -0.2) is 19.3 Å². The number of hydrogen-bond acceptors (Lipinski definition) is 3. The lowest BCUT2D eigenvalue weighted by atomic mass is 10.2. The van der Waals surface area contributed by atoms with Crippen molar-refractivity contribution in [1.29, 1.82) is 0 Å². The van der Waals surface area contributed by atoms with E-state index in [1.54, 1.807) is 4.68 Å². The fourth-order valence-corrected chi connectivity index (χ4v) is 2.25. The Morgan fingerprint density at radius 3 is 2.83 bits per heavy atom. The molecule has 2 heterocycles. The zero-order valence-electron chi connectivity index (χ0n) is 10.5. The topological polar surface area (TPSA) is 61.7 Å². The Hall–Kier alpha value is -2.30. The minimum Gasteiger partial charge on any atom is -0.369 e. The summed E-state index contributed by atoms with van der Waals surface area (Å²) < 4.78 is 3.80. The molecule has 3 aromatic rings. The van der Waals surface area contributed by atoms with Crippen LogP contribution in [0.3, 0.4) is 0 Å². The maximum atomic E-state index is 5.99. The predicted octanol–water partition coefficient (Wildman–Crippen LogP) is 1.71. The largest absolute Gasteiger partial charge is 0.369 e. The summed E-state index contributed by atoms with van der Waals surface area (Å²) in [5, 5.41) is 4.38. The lowest BCUT2D eigenvalue weighted by molar-refractivity contribution is 0.717. The normalized spacial score (nSPS) is 11.2. The van der Waals surface area contributed by atoms with Crippen LogP contribution in [0, 0.1) is 6.92 Å². The van der Waals surface area contributed by atoms with Crippen molar-refractivity contribution < 1.29 is 0 Å². The van der Waals surface area contributed by atoms with E-state index in [4.69, 9.17) is 5.73 Å². The quantitative estimate of drug-likeness (QED) is 0.743. The van der Waals surface area contributed by atoms with E-state index < -0.39 is 0 Å². The molecule has 5 heteroatoms. The number of imidazole rings is 1. The Bertz CT molecular complexity index is 707. The van der Waals surface area contributed by atoms with Gasteiger partial charge in [-0.15, -0.1) is 0 Å². The van der Waals surface area contributed by atoms with Crippen LogP contribution in [0.5, 0.6) is 0 Å². The molecular weight excluding hydrogens is 226 g/mol. The van der Waals surface area contributed by atoms with Gasteiger partial charge in [0.2, 0.25) is 5.95 Å². The van der Waals surface area contributed by atoms with E-state index in [2.05, 4.69) is 23.1 Å². The van der Waals surface area contributed by atoms with E-state index in [9.17, 15) is 0 Å². The number of aryl methyl sites for hydroxylation is 2. The van der Waals surface area contributed by atoms with Crippen molar-refractivity contribution in [3.8, 4) is 0 Å². The fourth-order valence-electron chi connectivity index (χ4n) is 2.25. The molecule has 0 amide bonds. The molecule has 2 aromatic heterocycles. The molecule has 0 bridgehead atoms. The summed E-state index contributed by atoms with van der Waals surface area (Å²) in [7, 11) is 1.91. The van der Waals surface area contributed by atoms with Gasteiger partial charge in [0.05, 0.1) is 23.3 Å². The standard InChI is InChI=1S/C13H15N5/c1-9-4-3-5-11-12(9)18(13(14)15-11)8-10-6-7-17(2)16-10/h3-7H,8H2,1-2H3,(H2,14,15). The van der Waals surface area contributed by atoms with Gasteiger partial charge in [-0.1, -0.05) is 12.1 Å². The van der Waals surface area contributed by atoms with Crippen molar-refractivity contribution in [1.82, 2.24) is 19.3 Å². The van der Waals surface area contributed by atoms with E-state index in [1.165, 1.54) is 5.56 Å². The maximum Gasteiger partial charge on any atom is 0.201 e. The number of hydrogen-bond donors (Lipinski definition) is 1. The van der Waals surface area contributed by atoms with Crippen LogP contribution >= 0.6 is 0 Å². The monoisotopic (exact) mass is 241 g/mol. The van der Waals surface area contributed by atoms with Crippen LogP contribution in [0.1, 0.15) is 11.3 Å². The molecule has 1 aromatic carbocycles. The van der Waals surface area contributed by atoms with Crippen LogP contribution in [0.25, 0.3) is 11.0 Å². The summed E-state index contributed by atoms with van der Waals surface area (Å²) in [4.78, 5) is 4.38. The van der Waals surface area contributed by atoms with Crippen molar-refractivity contribution in [3.63, 3.8) is 0 Å². The fraction of sp³-hybridized carbons (Fsp3) is 0.231. The van der Waals surface area contributed by atoms with E-state index in [1.807, 2.05) is 36.0 Å². The van der Waals surface area contributed by atoms with Gasteiger partial charge in [-0.2, -0.15) is 5.10 Å². The minimum atomic E-state index is 0.532. The number of benzene rings is 1. The third-order valence-electron chi connectivity index (χ3n) is 3.09. The Kier molecular flexibility index (Phi) is 2.33. The molecule has 0 atom stereocenters. The molecule has 5 nitrogen and oxygen atoms in total. The van der Waals surface area contributed by atoms with E-state index >= 15 is 0 Å². The Morgan fingerprint density at radius 2 is 2.11 bits per heavy atom. The highest BCUT2D eigenvalue weighted by atomic mass is 15.3. The summed E-state index contributed by atoms with van der Waals surface area (Å²) in [5.74, 6) is 0.532. The summed E-state index contributed by atoms with van der Waals surface area (Å²) in [6, 6.07) is 8.03. The molecule has 0 radical (unpaired) electrons. The molecule has 0 aliphatic rings. The predicted molar refractivity (Wildman–Crippen MR) is 71.2 cm³/mol. The first kappa shape index (κ1) is 10.8. The van der Waals surface area contributed by atoms with Gasteiger partial charge < -0.3 is 10.3 Å². The van der Waals surface area contributed by atoms with Crippen LogP contribution in [0.2, 0.25) is 0 Å². The molecular formula is C13H15N5. The smallest absolute Gasteiger partial charge is 0.201 e. The molecule has 2 N–H and O–H groups in total. The first-order valence-corrected chi connectivity index (χ1v) is 5.85. The van der Waals surface area contributed by atoms with Crippen molar-refractivity contribution in [2.75, 3.05) is 5.73 Å². The number of nitrogens with two attached hydrogens (primary N) is 1. The van der Waals surface area contributed by atoms with Gasteiger partial charge in [-0.25, -0.2) is 4.98 Å². The van der Waals surface area contributed by atoms with Crippen molar-refractivity contribution in [2.24, 2.45) is 7.05 Å². The first-order valence-electron chi connectivity index (χ1n) is 5.85. The van der Waals surface area contributed by atoms with Gasteiger partial charge in [-0.05, 0) is 24.6 Å². The van der Waals surface area contributed by atoms with Gasteiger partial charge in [0, 0.05) is 13.2 Å². The molecule has 18 heavy (non-hydrogen) atoms. The van der Waals surface area contributed by atoms with Crippen LogP contribution in [-0.2, 0) is 13.6 Å². The highest BCUT2D eigenvalue weighted by Crippen LogP contribution is 2.22. The average molecular weight is 241 g/mol. The minimum absolute atomic E-state index is 0.532. The average Bonchev–Trinajstić information content (AvgIpc) is 2.85. The van der Waals surface area contributed by atoms with Gasteiger partial charge in [0.25, 0.3) is 0 Å². The zero-order valence-corrected chi connectivity index (χ0v) is 10.5. The highest BCUT2D eigenvalue weighted by molar-refractivity contribution is 5.81. The van der Waals surface area contributed by atoms with Gasteiger partial charge >= 0.3 is 0 Å². The second-order valence-corrected chi connectivity index (χ2v) is 4.48. The molecule has 0 aliphatic heterocycles. The Balaban J connectivity index is 2.13. The first-order chi connectivity index (χ1) is 8.65. The van der Waals surface area contributed by atoms with Crippen molar-refractivity contribution in [2.45, 2.75) is 13.5 Å². The molecule has 0 spiro atoms. The molecule has 0 saturated carbocycles. The van der Waals surface area contributed by atoms with Crippen molar-refractivity contribution in [3.05, 3.63) is 41.7 Å². The van der Waals surface area contributed by atoms with Gasteiger partial charge in [0.15, 0.2) is 0 Å². The number of nitrogens with zero attached hydrogens (tertiary/aromatic N) is 4. The van der Waals surface area contributed by atoms with E-state index in [0.29, 0.717) is 12.5 Å². The SMILES string of the molecule is Cc1cccc2nc(N)n(Cc3ccn(C)n3)c12. The molecule has 0 aliphatic carbocycles. The zero-order chi connectivity index (χ0) is 12.7. The number of rotatable bonds is 2. The third-order valence-corrected chi connectivity index (χ3v) is 3.09. The summed E-state index contributed by atoms with van der Waals surface area (Å²) in [6.07, 6.45) is 1.93. The van der Waals surface area contributed by atoms with E-state index in [0.717, 1.165) is 16.7 Å². The van der Waals surface area contributed by atoms with Crippen LogP contribution in [0.15, 0.2) is 30.5 Å². The highest BCUT2D eigenvalue weighted by Gasteiger charge is 2.11. The second-order valence-electron chi connectivity index (χ2n) is 4.48. The van der Waals surface area contributed by atoms with Gasteiger partial charge in [0.1, 0.15) is 0 Å². The number of anilines is 1. The molecule has 0 saturated heterocycles. The molecule has 3 rings (SSSR count). The lowest BCUT2D eigenvalue weighted by Gasteiger charge is -2.05. The Labute approximate surface area is 105 Å². The number of nitrogen functional groups attached to an aromatic ring is 1. The molecule has 0 unspecified atom stereocenters. The van der Waals surface area contributed by atoms with Crippen LogP contribution in [0.4, 0.5) is 5.95 Å². The summed E-state index contributed by atoms with van der Waals surface area (Å²) >= 11 is 0. The number of aromatic nitrogens is 4.